The van der Waals surface area contributed by atoms with Crippen LogP contribution in [0.15, 0.2) is 134 Å². The summed E-state index contributed by atoms with van der Waals surface area (Å²) < 4.78 is 5.90. The topological polar surface area (TPSA) is 16.1 Å². The van der Waals surface area contributed by atoms with E-state index in [1.165, 1.54) is 35.9 Å². The summed E-state index contributed by atoms with van der Waals surface area (Å²) in [6.07, 6.45) is 11.0. The van der Waals surface area contributed by atoms with Crippen LogP contribution in [0.25, 0.3) is 31.4 Å². The molecule has 2 aromatic heterocycles. The fraction of sp³-hybridized carbons (Fsp3) is 0.0833. The molecule has 2 aliphatic rings. The Kier molecular flexibility index (Phi) is 5.85. The molecule has 0 radical (unpaired) electrons. The molecule has 0 N–H and O–H groups in total. The minimum atomic E-state index is -1.78. The second-order valence-corrected chi connectivity index (χ2v) is 16.6. The zero-order valence-corrected chi connectivity index (χ0v) is 25.0. The number of hydrogen-bond donors (Lipinski definition) is 0. The predicted octanol–water partition coefficient (Wildman–Crippen LogP) is 10.1. The Morgan fingerprint density at radius 1 is 0.700 bits per heavy atom. The van der Waals surface area contributed by atoms with Gasteiger partial charge in [0.2, 0.25) is 0 Å². The van der Waals surface area contributed by atoms with E-state index in [0.717, 1.165) is 10.5 Å². The monoisotopic (exact) mass is 646 g/mol. The fourth-order valence-electron chi connectivity index (χ4n) is 6.01. The Morgan fingerprint density at radius 3 is 2.15 bits per heavy atom. The Morgan fingerprint density at radius 2 is 1.40 bits per heavy atom. The van der Waals surface area contributed by atoms with Gasteiger partial charge >= 0.3 is 247 Å². The van der Waals surface area contributed by atoms with E-state index in [0.29, 0.717) is 5.92 Å². The van der Waals surface area contributed by atoms with Crippen molar-refractivity contribution < 1.29 is 0 Å². The Hall–Kier alpha value is -3.74. The van der Waals surface area contributed by atoms with Crippen LogP contribution in [0, 0.1) is 16.6 Å². The number of halogens is 1. The minimum absolute atomic E-state index is 0.229. The van der Waals surface area contributed by atoms with Crippen LogP contribution in [0.2, 0.25) is 0 Å². The van der Waals surface area contributed by atoms with Gasteiger partial charge in [0.15, 0.2) is 0 Å². The molecule has 0 bridgehead atoms. The second-order valence-electron chi connectivity index (χ2n) is 10.4. The summed E-state index contributed by atoms with van der Waals surface area (Å²) in [6, 6.07) is 38.6. The van der Waals surface area contributed by atoms with E-state index in [-0.39, 0.29) is 6.04 Å². The van der Waals surface area contributed by atoms with Crippen LogP contribution < -0.4 is 4.90 Å². The number of nitrogens with zero attached hydrogens (tertiary/aromatic N) is 2. The van der Waals surface area contributed by atoms with E-state index in [2.05, 4.69) is 145 Å². The molecule has 40 heavy (non-hydrogen) atoms. The molecule has 0 saturated heterocycles. The van der Waals surface area contributed by atoms with Crippen LogP contribution in [-0.4, -0.2) is 11.0 Å². The SMILES string of the molecule is CC1C=CC=CC1N(c1ccccc1)c1cnc2sc3ccc(I4c5ccccc5-c5ccccc54)cc3c2c1. The molecule has 2 nitrogen and oxygen atoms in total. The first-order valence-corrected chi connectivity index (χ1v) is 17.7. The molecule has 1 aliphatic carbocycles. The quantitative estimate of drug-likeness (QED) is 0.177. The van der Waals surface area contributed by atoms with Crippen LogP contribution in [0.3, 0.4) is 0 Å². The standard InChI is InChI=1S/C36H27IN2S/c1-24-11-5-10-18-34(24)39(26-12-3-2-4-13-26)27-22-31-30-21-25(19-20-35(30)40-36(31)38-23-27)37-32-16-8-6-14-28(32)29-15-7-9-17-33(29)37/h2-24,34H,1H3. The van der Waals surface area contributed by atoms with Gasteiger partial charge < -0.3 is 0 Å². The molecule has 2 atom stereocenters. The van der Waals surface area contributed by atoms with Gasteiger partial charge in [-0.2, -0.15) is 0 Å². The Bertz CT molecular complexity index is 1910. The summed E-state index contributed by atoms with van der Waals surface area (Å²) in [7, 11) is 0. The van der Waals surface area contributed by atoms with E-state index < -0.39 is 19.8 Å². The first-order valence-electron chi connectivity index (χ1n) is 13.7. The maximum atomic E-state index is 5.03. The molecule has 0 saturated carbocycles. The number of hydrogen-bond acceptors (Lipinski definition) is 3. The van der Waals surface area contributed by atoms with Gasteiger partial charge in [0.1, 0.15) is 0 Å². The second kappa shape index (κ2) is 9.72. The third kappa shape index (κ3) is 3.85. The molecule has 0 amide bonds. The number of aromatic nitrogens is 1. The Balaban J connectivity index is 1.29. The first-order chi connectivity index (χ1) is 19.8. The number of rotatable bonds is 4. The number of para-hydroxylation sites is 1. The van der Waals surface area contributed by atoms with Crippen LogP contribution >= 0.6 is 31.2 Å². The summed E-state index contributed by atoms with van der Waals surface area (Å²) >= 11 is 0.0164. The van der Waals surface area contributed by atoms with Crippen molar-refractivity contribution in [2.45, 2.75) is 13.0 Å². The van der Waals surface area contributed by atoms with E-state index in [1.807, 2.05) is 0 Å². The van der Waals surface area contributed by atoms with Gasteiger partial charge in [-0.1, -0.05) is 0 Å². The van der Waals surface area contributed by atoms with Crippen LogP contribution in [0.4, 0.5) is 11.4 Å². The van der Waals surface area contributed by atoms with Gasteiger partial charge in [0.25, 0.3) is 0 Å². The molecule has 0 fully saturated rings. The molecule has 0 spiro atoms. The number of anilines is 2. The molecule has 194 valence electrons. The summed E-state index contributed by atoms with van der Waals surface area (Å²) in [6.45, 7) is 2.29. The summed E-state index contributed by atoms with van der Waals surface area (Å²) in [5.41, 5.74) is 5.17. The summed E-state index contributed by atoms with van der Waals surface area (Å²) in [4.78, 5) is 8.58. The zero-order chi connectivity index (χ0) is 26.6. The van der Waals surface area contributed by atoms with Crippen LogP contribution in [0.1, 0.15) is 6.92 Å². The third-order valence-electron chi connectivity index (χ3n) is 7.92. The number of allylic oxidation sites excluding steroid dienone is 2. The Labute approximate surface area is 245 Å². The van der Waals surface area contributed by atoms with Crippen molar-refractivity contribution in [3.8, 4) is 11.1 Å². The van der Waals surface area contributed by atoms with E-state index in [4.69, 9.17) is 4.98 Å². The molecule has 4 aromatic carbocycles. The maximum absolute atomic E-state index is 5.03. The molecule has 4 heteroatoms. The van der Waals surface area contributed by atoms with Gasteiger partial charge in [0.05, 0.1) is 0 Å². The number of thiophene rings is 1. The van der Waals surface area contributed by atoms with Gasteiger partial charge in [-0.15, -0.1) is 0 Å². The number of pyridine rings is 1. The molecule has 1 aliphatic heterocycles. The van der Waals surface area contributed by atoms with E-state index in [9.17, 15) is 0 Å². The van der Waals surface area contributed by atoms with Crippen molar-refractivity contribution in [1.82, 2.24) is 4.98 Å². The van der Waals surface area contributed by atoms with E-state index in [1.54, 1.807) is 18.5 Å². The van der Waals surface area contributed by atoms with Gasteiger partial charge in [0, 0.05) is 0 Å². The van der Waals surface area contributed by atoms with Crippen LogP contribution in [0.5, 0.6) is 0 Å². The van der Waals surface area contributed by atoms with Crippen molar-refractivity contribution in [2.75, 3.05) is 4.90 Å². The summed E-state index contributed by atoms with van der Waals surface area (Å²) in [5.74, 6) is 0.390. The van der Waals surface area contributed by atoms with Crippen molar-refractivity contribution in [3.05, 3.63) is 144 Å². The average Bonchev–Trinajstić information content (AvgIpc) is 3.54. The van der Waals surface area contributed by atoms with Gasteiger partial charge in [-0.3, -0.25) is 0 Å². The number of benzene rings is 4. The normalized spacial score (nSPS) is 18.3. The van der Waals surface area contributed by atoms with Crippen LogP contribution in [-0.2, 0) is 0 Å². The molecule has 3 heterocycles. The average molecular weight is 647 g/mol. The third-order valence-corrected chi connectivity index (χ3v) is 15.1. The fourth-order valence-corrected chi connectivity index (χ4v) is 13.4. The summed E-state index contributed by atoms with van der Waals surface area (Å²) in [5, 5.41) is 2.58. The van der Waals surface area contributed by atoms with Gasteiger partial charge in [-0.25, -0.2) is 0 Å². The first kappa shape index (κ1) is 24.1. The van der Waals surface area contributed by atoms with Crippen molar-refractivity contribution >= 4 is 62.8 Å². The zero-order valence-electron chi connectivity index (χ0n) is 22.0. The molecule has 2 unspecified atom stereocenters. The molecular weight excluding hydrogens is 619 g/mol. The molecule has 8 rings (SSSR count). The molecule has 6 aromatic rings. The number of fused-ring (bicyclic) bond motifs is 6. The molecular formula is C36H27IN2S. The van der Waals surface area contributed by atoms with E-state index >= 15 is 0 Å². The van der Waals surface area contributed by atoms with Crippen molar-refractivity contribution in [2.24, 2.45) is 5.92 Å². The predicted molar refractivity (Wildman–Crippen MR) is 179 cm³/mol. The van der Waals surface area contributed by atoms with Crippen molar-refractivity contribution in [1.29, 1.82) is 0 Å². The van der Waals surface area contributed by atoms with Crippen molar-refractivity contribution in [3.63, 3.8) is 0 Å². The van der Waals surface area contributed by atoms with Gasteiger partial charge in [-0.05, 0) is 0 Å².